The van der Waals surface area contributed by atoms with Crippen LogP contribution < -0.4 is 10.6 Å². The second-order valence-corrected chi connectivity index (χ2v) is 13.4. The van der Waals surface area contributed by atoms with Gasteiger partial charge < -0.3 is 20.5 Å². The highest BCUT2D eigenvalue weighted by Gasteiger charge is 2.79. The number of fused-ring (bicyclic) bond motifs is 4. The molecule has 256 valence electrons. The summed E-state index contributed by atoms with van der Waals surface area (Å²) in [6.07, 6.45) is 1.14. The van der Waals surface area contributed by atoms with Gasteiger partial charge in [0.05, 0.1) is 18.8 Å². The molecule has 0 amide bonds. The minimum Gasteiger partial charge on any atom is -0.466 e. The average Bonchev–Trinajstić information content (AvgIpc) is 3.30. The summed E-state index contributed by atoms with van der Waals surface area (Å²) in [5.74, 6) is -6.24. The van der Waals surface area contributed by atoms with Gasteiger partial charge in [0, 0.05) is 30.8 Å². The number of benzene rings is 1. The molecule has 0 spiro atoms. The first-order valence-electron chi connectivity index (χ1n) is 16.4. The van der Waals surface area contributed by atoms with Crippen LogP contribution in [-0.4, -0.2) is 54.3 Å². The number of alkyl halides is 5. The third-order valence-electron chi connectivity index (χ3n) is 10.8. The Morgan fingerprint density at radius 1 is 1.11 bits per heavy atom. The molecule has 3 N–H and O–H groups in total. The SMILES string of the molecule is C=C(NC/C=C/c1ccc([C@H]2CC3(C)C(CCC3(O)C(F)(F)C(F)(F)F)C3CCC4=CC(=O)CCC4=C32)cc1)NCCC(=O)OCC. The van der Waals surface area contributed by atoms with Gasteiger partial charge in [0.2, 0.25) is 0 Å². The zero-order chi connectivity index (χ0) is 34.2. The van der Waals surface area contributed by atoms with E-state index in [2.05, 4.69) is 17.2 Å². The lowest BCUT2D eigenvalue weighted by atomic mass is 9.50. The number of allylic oxidation sites excluding steroid dienone is 4. The van der Waals surface area contributed by atoms with Crippen LogP contribution in [0.25, 0.3) is 6.08 Å². The summed E-state index contributed by atoms with van der Waals surface area (Å²) in [6, 6.07) is 7.51. The molecule has 1 aromatic carbocycles. The number of aliphatic hydroxyl groups is 1. The topological polar surface area (TPSA) is 87.7 Å². The number of ether oxygens (including phenoxy) is 1. The Hall–Kier alpha value is -3.47. The number of nitrogens with one attached hydrogen (secondary N) is 2. The molecule has 6 nitrogen and oxygen atoms in total. The van der Waals surface area contributed by atoms with Gasteiger partial charge in [-0.15, -0.1) is 0 Å². The summed E-state index contributed by atoms with van der Waals surface area (Å²) in [7, 11) is 0. The highest BCUT2D eigenvalue weighted by molar-refractivity contribution is 5.93. The Morgan fingerprint density at radius 3 is 2.51 bits per heavy atom. The maximum atomic E-state index is 15.2. The minimum absolute atomic E-state index is 0.0433. The van der Waals surface area contributed by atoms with Crippen LogP contribution in [0.4, 0.5) is 22.0 Å². The monoisotopic (exact) mass is 662 g/mol. The Kier molecular flexibility index (Phi) is 9.79. The van der Waals surface area contributed by atoms with Crippen LogP contribution in [0, 0.1) is 17.3 Å². The summed E-state index contributed by atoms with van der Waals surface area (Å²) < 4.78 is 76.7. The van der Waals surface area contributed by atoms with Gasteiger partial charge in [-0.2, -0.15) is 22.0 Å². The van der Waals surface area contributed by atoms with Crippen LogP contribution in [-0.2, 0) is 14.3 Å². The highest BCUT2D eigenvalue weighted by atomic mass is 19.4. The number of hydrogen-bond acceptors (Lipinski definition) is 6. The fourth-order valence-electron chi connectivity index (χ4n) is 8.54. The first-order valence-corrected chi connectivity index (χ1v) is 16.4. The van der Waals surface area contributed by atoms with E-state index in [0.717, 1.165) is 27.8 Å². The molecule has 1 aromatic rings. The van der Waals surface area contributed by atoms with Gasteiger partial charge in [-0.25, -0.2) is 0 Å². The molecule has 0 aliphatic heterocycles. The number of rotatable bonds is 11. The van der Waals surface area contributed by atoms with Crippen molar-refractivity contribution in [2.75, 3.05) is 19.7 Å². The van der Waals surface area contributed by atoms with E-state index in [4.69, 9.17) is 4.74 Å². The number of halogens is 5. The van der Waals surface area contributed by atoms with Crippen molar-refractivity contribution < 1.29 is 41.4 Å². The molecular weight excluding hydrogens is 619 g/mol. The van der Waals surface area contributed by atoms with Gasteiger partial charge in [-0.05, 0) is 85.6 Å². The van der Waals surface area contributed by atoms with Crippen molar-refractivity contribution in [3.63, 3.8) is 0 Å². The van der Waals surface area contributed by atoms with Crippen molar-refractivity contribution in [3.8, 4) is 0 Å². The molecule has 4 aliphatic rings. The van der Waals surface area contributed by atoms with Crippen LogP contribution in [0.3, 0.4) is 0 Å². The largest absolute Gasteiger partial charge is 0.466 e. The molecular formula is C36H43F5N2O4. The molecule has 11 heteroatoms. The van der Waals surface area contributed by atoms with Gasteiger partial charge in [0.15, 0.2) is 5.78 Å². The molecule has 4 unspecified atom stereocenters. The van der Waals surface area contributed by atoms with Crippen LogP contribution >= 0.6 is 0 Å². The van der Waals surface area contributed by atoms with Crippen LogP contribution in [0.1, 0.15) is 82.3 Å². The predicted molar refractivity (Wildman–Crippen MR) is 168 cm³/mol. The van der Waals surface area contributed by atoms with Crippen LogP contribution in [0.15, 0.2) is 65.5 Å². The van der Waals surface area contributed by atoms with E-state index < -0.39 is 41.4 Å². The van der Waals surface area contributed by atoms with E-state index in [9.17, 15) is 27.9 Å². The maximum Gasteiger partial charge on any atom is 0.456 e. The molecule has 2 saturated carbocycles. The van der Waals surface area contributed by atoms with Crippen molar-refractivity contribution in [2.45, 2.75) is 88.8 Å². The van der Waals surface area contributed by atoms with Crippen molar-refractivity contribution >= 4 is 17.8 Å². The van der Waals surface area contributed by atoms with Crippen molar-refractivity contribution in [1.82, 2.24) is 10.6 Å². The Morgan fingerprint density at radius 2 is 1.83 bits per heavy atom. The zero-order valence-electron chi connectivity index (χ0n) is 26.8. The van der Waals surface area contributed by atoms with Crippen LogP contribution in [0.2, 0.25) is 0 Å². The number of hydrogen-bond donors (Lipinski definition) is 3. The van der Waals surface area contributed by atoms with Crippen molar-refractivity contribution in [3.05, 3.63) is 76.7 Å². The lowest BCUT2D eigenvalue weighted by molar-refractivity contribution is -0.362. The predicted octanol–water partition coefficient (Wildman–Crippen LogP) is 7.13. The minimum atomic E-state index is -5.88. The summed E-state index contributed by atoms with van der Waals surface area (Å²) >= 11 is 0. The molecule has 0 aromatic heterocycles. The number of carbonyl (C=O) groups is 2. The molecule has 2 fully saturated rings. The quantitative estimate of drug-likeness (QED) is 0.173. The third-order valence-corrected chi connectivity index (χ3v) is 10.8. The van der Waals surface area contributed by atoms with E-state index in [0.29, 0.717) is 51.2 Å². The zero-order valence-corrected chi connectivity index (χ0v) is 26.8. The maximum absolute atomic E-state index is 15.2. The van der Waals surface area contributed by atoms with E-state index in [1.165, 1.54) is 6.92 Å². The fraction of sp³-hybridized carbons (Fsp3) is 0.556. The highest BCUT2D eigenvalue weighted by Crippen LogP contribution is 2.70. The van der Waals surface area contributed by atoms with Gasteiger partial charge in [-0.3, -0.25) is 9.59 Å². The van der Waals surface area contributed by atoms with Crippen molar-refractivity contribution in [2.24, 2.45) is 17.3 Å². The van der Waals surface area contributed by atoms with E-state index in [1.54, 1.807) is 13.0 Å². The Balaban J connectivity index is 1.38. The molecule has 47 heavy (non-hydrogen) atoms. The lowest BCUT2D eigenvalue weighted by Crippen LogP contribution is -2.65. The van der Waals surface area contributed by atoms with Gasteiger partial charge in [0.1, 0.15) is 5.60 Å². The molecule has 5 rings (SSSR count). The Labute approximate surface area is 272 Å². The first kappa shape index (κ1) is 34.9. The average molecular weight is 663 g/mol. The molecule has 0 heterocycles. The van der Waals surface area contributed by atoms with E-state index in [-0.39, 0.29) is 36.9 Å². The second-order valence-electron chi connectivity index (χ2n) is 13.4. The lowest BCUT2D eigenvalue weighted by Gasteiger charge is -2.56. The van der Waals surface area contributed by atoms with Crippen LogP contribution in [0.5, 0.6) is 0 Å². The number of carbonyl (C=O) groups excluding carboxylic acids is 2. The summed E-state index contributed by atoms with van der Waals surface area (Å²) in [5.41, 5.74) is -0.250. The smallest absolute Gasteiger partial charge is 0.456 e. The summed E-state index contributed by atoms with van der Waals surface area (Å²) in [4.78, 5) is 23.7. The van der Waals surface area contributed by atoms with Gasteiger partial charge in [-0.1, -0.05) is 55.5 Å². The summed E-state index contributed by atoms with van der Waals surface area (Å²) in [6.45, 7) is 8.21. The van der Waals surface area contributed by atoms with E-state index >= 15 is 8.78 Å². The second kappa shape index (κ2) is 13.2. The molecule has 0 saturated heterocycles. The van der Waals surface area contributed by atoms with Gasteiger partial charge in [0.25, 0.3) is 0 Å². The summed E-state index contributed by atoms with van der Waals surface area (Å²) in [5, 5.41) is 17.5. The normalized spacial score (nSPS) is 29.1. The number of ketones is 1. The fourth-order valence-corrected chi connectivity index (χ4v) is 8.54. The number of esters is 1. The Bertz CT molecular complexity index is 1480. The molecule has 0 bridgehead atoms. The third kappa shape index (κ3) is 6.39. The van der Waals surface area contributed by atoms with Crippen molar-refractivity contribution in [1.29, 1.82) is 0 Å². The van der Waals surface area contributed by atoms with Gasteiger partial charge >= 0.3 is 18.1 Å². The standard InChI is InChI=1S/C36H43F5N2O4/c1-4-47-31(45)16-19-43-22(2)42-18-5-6-23-7-9-24(10-8-23)29-21-33(3)30(15-17-34(33,46)35(37,38)36(39,40)41)28-13-11-25-20-26(44)12-14-27(25)32(28)29/h5-10,20,28-30,42-43,46H,2,4,11-19,21H2,1,3H3/b6-5+/t28?,29-,30?,33?,34?/m1/s1. The first-order chi connectivity index (χ1) is 22.1. The molecule has 0 radical (unpaired) electrons. The molecule has 4 aliphatic carbocycles. The molecule has 5 atom stereocenters. The van der Waals surface area contributed by atoms with E-state index in [1.807, 2.05) is 36.4 Å².